The molecular weight excluding hydrogens is 219 g/mol. The number of carbonyl (C=O) groups excluding carboxylic acids is 1. The number of hydrogen-bond acceptors (Lipinski definition) is 2. The summed E-state index contributed by atoms with van der Waals surface area (Å²) in [5.74, 6) is 0.381. The van der Waals surface area contributed by atoms with E-state index in [1.807, 2.05) is 0 Å². The minimum absolute atomic E-state index is 0.0451. The Kier molecular flexibility index (Phi) is 3.74. The van der Waals surface area contributed by atoms with Gasteiger partial charge in [-0.3, -0.25) is 4.79 Å². The Morgan fingerprint density at radius 2 is 2.29 bits per heavy atom. The smallest absolute Gasteiger partial charge is 0.240 e. The van der Waals surface area contributed by atoms with Crippen LogP contribution in [0.2, 0.25) is 0 Å². The van der Waals surface area contributed by atoms with Crippen molar-refractivity contribution in [2.45, 2.75) is 12.8 Å². The lowest BCUT2D eigenvalue weighted by Crippen LogP contribution is -2.36. The molecule has 4 heteroatoms. The minimum Gasteiger partial charge on any atom is -0.314 e. The maximum Gasteiger partial charge on any atom is 0.240 e. The Balaban J connectivity index is 1.84. The zero-order valence-electron chi connectivity index (χ0n) is 9.95. The summed E-state index contributed by atoms with van der Waals surface area (Å²) in [5.41, 5.74) is 0.586. The third-order valence-corrected chi connectivity index (χ3v) is 2.98. The largest absolute Gasteiger partial charge is 0.314 e. The second-order valence-electron chi connectivity index (χ2n) is 4.51. The molecule has 2 rings (SSSR count). The second-order valence-corrected chi connectivity index (χ2v) is 4.51. The topological polar surface area (TPSA) is 32.3 Å². The van der Waals surface area contributed by atoms with Crippen molar-refractivity contribution in [2.75, 3.05) is 25.0 Å². The molecular formula is C13H17FN2O. The molecule has 92 valence electrons. The minimum atomic E-state index is -0.326. The number of carbonyl (C=O) groups is 1. The number of anilines is 1. The van der Waals surface area contributed by atoms with E-state index >= 15 is 0 Å². The van der Waals surface area contributed by atoms with Gasteiger partial charge in [0.2, 0.25) is 5.91 Å². The van der Waals surface area contributed by atoms with E-state index in [4.69, 9.17) is 0 Å². The fourth-order valence-corrected chi connectivity index (χ4v) is 1.65. The number of rotatable bonds is 5. The predicted molar refractivity (Wildman–Crippen MR) is 65.4 cm³/mol. The summed E-state index contributed by atoms with van der Waals surface area (Å²) in [6.07, 6.45) is 2.53. The average molecular weight is 236 g/mol. The van der Waals surface area contributed by atoms with E-state index in [-0.39, 0.29) is 11.7 Å². The van der Waals surface area contributed by atoms with E-state index in [2.05, 4.69) is 5.32 Å². The summed E-state index contributed by atoms with van der Waals surface area (Å²) < 4.78 is 13.0. The van der Waals surface area contributed by atoms with E-state index < -0.39 is 0 Å². The van der Waals surface area contributed by atoms with Crippen LogP contribution in [0.3, 0.4) is 0 Å². The van der Waals surface area contributed by atoms with E-state index in [1.165, 1.54) is 29.9 Å². The number of benzene rings is 1. The maximum absolute atomic E-state index is 13.0. The Morgan fingerprint density at radius 3 is 2.94 bits per heavy atom. The standard InChI is InChI=1S/C13H17FN2O/c1-16(12-4-2-3-11(14)7-12)13(17)9-15-8-10-5-6-10/h2-4,7,10,15H,5-6,8-9H2,1H3. The van der Waals surface area contributed by atoms with Crippen molar-refractivity contribution in [1.82, 2.24) is 5.32 Å². The van der Waals surface area contributed by atoms with Crippen molar-refractivity contribution in [2.24, 2.45) is 5.92 Å². The van der Waals surface area contributed by atoms with Gasteiger partial charge in [0.25, 0.3) is 0 Å². The fraction of sp³-hybridized carbons (Fsp3) is 0.462. The van der Waals surface area contributed by atoms with Crippen LogP contribution in [-0.2, 0) is 4.79 Å². The molecule has 1 aromatic rings. The number of amides is 1. The van der Waals surface area contributed by atoms with Gasteiger partial charge in [0, 0.05) is 12.7 Å². The van der Waals surface area contributed by atoms with Crippen LogP contribution in [0.1, 0.15) is 12.8 Å². The number of likely N-dealkylation sites (N-methyl/N-ethyl adjacent to an activating group) is 1. The second kappa shape index (κ2) is 5.27. The van der Waals surface area contributed by atoms with Crippen molar-refractivity contribution < 1.29 is 9.18 Å². The molecule has 1 aliphatic carbocycles. The molecule has 1 N–H and O–H groups in total. The van der Waals surface area contributed by atoms with Crippen LogP contribution in [0.25, 0.3) is 0 Å². The molecule has 0 radical (unpaired) electrons. The van der Waals surface area contributed by atoms with Crippen LogP contribution in [0, 0.1) is 11.7 Å². The van der Waals surface area contributed by atoms with Gasteiger partial charge in [-0.25, -0.2) is 4.39 Å². The van der Waals surface area contributed by atoms with E-state index in [0.717, 1.165) is 12.5 Å². The Labute approximate surface area is 101 Å². The Morgan fingerprint density at radius 1 is 1.53 bits per heavy atom. The molecule has 0 unspecified atom stereocenters. The van der Waals surface area contributed by atoms with Gasteiger partial charge in [0.15, 0.2) is 0 Å². The normalized spacial score (nSPS) is 14.7. The third-order valence-electron chi connectivity index (χ3n) is 2.98. The fourth-order valence-electron chi connectivity index (χ4n) is 1.65. The molecule has 1 aliphatic rings. The highest BCUT2D eigenvalue weighted by molar-refractivity contribution is 5.94. The molecule has 1 fully saturated rings. The van der Waals surface area contributed by atoms with Crippen LogP contribution in [0.15, 0.2) is 24.3 Å². The summed E-state index contributed by atoms with van der Waals surface area (Å²) in [5, 5.41) is 3.13. The van der Waals surface area contributed by atoms with Crippen molar-refractivity contribution in [3.05, 3.63) is 30.1 Å². The van der Waals surface area contributed by atoms with Crippen LogP contribution < -0.4 is 10.2 Å². The van der Waals surface area contributed by atoms with E-state index in [1.54, 1.807) is 19.2 Å². The predicted octanol–water partition coefficient (Wildman–Crippen LogP) is 1.79. The molecule has 0 aromatic heterocycles. The van der Waals surface area contributed by atoms with Gasteiger partial charge in [0.05, 0.1) is 6.54 Å². The quantitative estimate of drug-likeness (QED) is 0.845. The van der Waals surface area contributed by atoms with Gasteiger partial charge < -0.3 is 10.2 Å². The number of nitrogens with one attached hydrogen (secondary N) is 1. The molecule has 1 saturated carbocycles. The van der Waals surface area contributed by atoms with Crippen molar-refractivity contribution in [3.63, 3.8) is 0 Å². The van der Waals surface area contributed by atoms with Gasteiger partial charge in [-0.2, -0.15) is 0 Å². The van der Waals surface area contributed by atoms with Crippen molar-refractivity contribution in [3.8, 4) is 0 Å². The summed E-state index contributed by atoms with van der Waals surface area (Å²) in [7, 11) is 1.66. The van der Waals surface area contributed by atoms with Crippen molar-refractivity contribution >= 4 is 11.6 Å². The van der Waals surface area contributed by atoms with Crippen LogP contribution in [-0.4, -0.2) is 26.0 Å². The van der Waals surface area contributed by atoms with Gasteiger partial charge in [-0.1, -0.05) is 6.07 Å². The van der Waals surface area contributed by atoms with Gasteiger partial charge in [-0.05, 0) is 43.5 Å². The summed E-state index contributed by atoms with van der Waals surface area (Å²) in [6.45, 7) is 1.21. The molecule has 17 heavy (non-hydrogen) atoms. The molecule has 3 nitrogen and oxygen atoms in total. The summed E-state index contributed by atoms with van der Waals surface area (Å²) >= 11 is 0. The number of nitrogens with zero attached hydrogens (tertiary/aromatic N) is 1. The highest BCUT2D eigenvalue weighted by atomic mass is 19.1. The summed E-state index contributed by atoms with van der Waals surface area (Å²) in [4.78, 5) is 13.3. The maximum atomic E-state index is 13.0. The lowest BCUT2D eigenvalue weighted by molar-refractivity contribution is -0.117. The molecule has 0 bridgehead atoms. The molecule has 0 spiro atoms. The van der Waals surface area contributed by atoms with Crippen LogP contribution in [0.4, 0.5) is 10.1 Å². The molecule has 0 aliphatic heterocycles. The van der Waals surface area contributed by atoms with Crippen molar-refractivity contribution in [1.29, 1.82) is 0 Å². The first-order chi connectivity index (χ1) is 8.16. The number of halogens is 1. The first kappa shape index (κ1) is 12.0. The van der Waals surface area contributed by atoms with Gasteiger partial charge in [0.1, 0.15) is 5.82 Å². The average Bonchev–Trinajstić information content (AvgIpc) is 3.12. The van der Waals surface area contributed by atoms with Crippen LogP contribution in [0.5, 0.6) is 0 Å². The molecule has 1 aromatic carbocycles. The van der Waals surface area contributed by atoms with E-state index in [9.17, 15) is 9.18 Å². The first-order valence-electron chi connectivity index (χ1n) is 5.89. The molecule has 0 heterocycles. The monoisotopic (exact) mass is 236 g/mol. The lowest BCUT2D eigenvalue weighted by Gasteiger charge is -2.17. The molecule has 1 amide bonds. The van der Waals surface area contributed by atoms with Crippen LogP contribution >= 0.6 is 0 Å². The molecule has 0 atom stereocenters. The zero-order chi connectivity index (χ0) is 12.3. The highest BCUT2D eigenvalue weighted by Gasteiger charge is 2.21. The zero-order valence-corrected chi connectivity index (χ0v) is 9.95. The Hall–Kier alpha value is -1.42. The third kappa shape index (κ3) is 3.53. The Bertz CT molecular complexity index is 404. The lowest BCUT2D eigenvalue weighted by atomic mass is 10.3. The highest BCUT2D eigenvalue weighted by Crippen LogP contribution is 2.27. The van der Waals surface area contributed by atoms with E-state index in [0.29, 0.717) is 12.2 Å². The van der Waals surface area contributed by atoms with Gasteiger partial charge >= 0.3 is 0 Å². The number of hydrogen-bond donors (Lipinski definition) is 1. The SMILES string of the molecule is CN(C(=O)CNCC1CC1)c1cccc(F)c1. The molecule has 0 saturated heterocycles. The first-order valence-corrected chi connectivity index (χ1v) is 5.89. The summed E-state index contributed by atoms with van der Waals surface area (Å²) in [6, 6.07) is 6.06. The van der Waals surface area contributed by atoms with Gasteiger partial charge in [-0.15, -0.1) is 0 Å².